The minimum Gasteiger partial charge on any atom is -0.356 e. The first-order chi connectivity index (χ1) is 24.2. The molecule has 2 aliphatic heterocycles. The largest absolute Gasteiger partial charge is 0.356 e. The second kappa shape index (κ2) is 13.5. The number of allylic oxidation sites excluding steroid dienone is 6. The second-order valence-electron chi connectivity index (χ2n) is 12.6. The molecule has 3 aliphatic rings. The standard InChI is InChI=1S/C46H38N2S/c1-3-10-38(4-2)47-39-24-19-32(20-25-39)33-21-26-40(27-22-33)48-43-14-9-8-13-41(43)42-31-37(23-28-44(42)48)34-15-17-36(18-16-34)46-30-29-45(49-46)35-11-6-5-7-12-35/h3-13,15-28,30-31,43,45,47H,1-2,14,29H2/b38-10+. The van der Waals surface area contributed by atoms with Crippen LogP contribution in [0, 0.1) is 0 Å². The quantitative estimate of drug-likeness (QED) is 0.160. The van der Waals surface area contributed by atoms with Gasteiger partial charge in [-0.15, -0.1) is 11.8 Å². The molecule has 0 spiro atoms. The van der Waals surface area contributed by atoms with E-state index >= 15 is 0 Å². The number of rotatable bonds is 9. The van der Waals surface area contributed by atoms with Gasteiger partial charge in [-0.1, -0.05) is 128 Å². The summed E-state index contributed by atoms with van der Waals surface area (Å²) >= 11 is 1.98. The van der Waals surface area contributed by atoms with E-state index in [1.54, 1.807) is 12.2 Å². The van der Waals surface area contributed by atoms with Gasteiger partial charge in [0.05, 0.1) is 6.04 Å². The van der Waals surface area contributed by atoms with Crippen LogP contribution in [0.2, 0.25) is 0 Å². The van der Waals surface area contributed by atoms with Crippen LogP contribution < -0.4 is 10.2 Å². The average molecular weight is 651 g/mol. The third-order valence-corrected chi connectivity index (χ3v) is 11.0. The van der Waals surface area contributed by atoms with Crippen molar-refractivity contribution in [2.45, 2.75) is 24.1 Å². The van der Waals surface area contributed by atoms with E-state index in [9.17, 15) is 0 Å². The van der Waals surface area contributed by atoms with Gasteiger partial charge in [-0.2, -0.15) is 0 Å². The number of hydrogen-bond acceptors (Lipinski definition) is 3. The molecule has 49 heavy (non-hydrogen) atoms. The molecular formula is C46H38N2S. The molecule has 0 aromatic heterocycles. The van der Waals surface area contributed by atoms with E-state index in [1.807, 2.05) is 17.8 Å². The summed E-state index contributed by atoms with van der Waals surface area (Å²) in [6, 6.07) is 44.8. The highest BCUT2D eigenvalue weighted by molar-refractivity contribution is 8.08. The monoisotopic (exact) mass is 650 g/mol. The average Bonchev–Trinajstić information content (AvgIpc) is 3.79. The molecule has 5 aromatic rings. The van der Waals surface area contributed by atoms with Gasteiger partial charge in [-0.25, -0.2) is 0 Å². The highest BCUT2D eigenvalue weighted by Gasteiger charge is 2.35. The molecule has 1 N–H and O–H groups in total. The van der Waals surface area contributed by atoms with E-state index in [4.69, 9.17) is 0 Å². The molecule has 0 radical (unpaired) electrons. The van der Waals surface area contributed by atoms with Crippen molar-refractivity contribution < 1.29 is 0 Å². The van der Waals surface area contributed by atoms with E-state index in [2.05, 4.69) is 169 Å². The zero-order valence-electron chi connectivity index (χ0n) is 27.4. The lowest BCUT2D eigenvalue weighted by atomic mass is 9.93. The Morgan fingerprint density at radius 3 is 2.14 bits per heavy atom. The molecule has 0 fully saturated rings. The summed E-state index contributed by atoms with van der Waals surface area (Å²) in [6.45, 7) is 7.65. The summed E-state index contributed by atoms with van der Waals surface area (Å²) in [6.07, 6.45) is 16.7. The maximum atomic E-state index is 3.87. The van der Waals surface area contributed by atoms with Crippen molar-refractivity contribution in [1.29, 1.82) is 0 Å². The first-order valence-electron chi connectivity index (χ1n) is 16.9. The Morgan fingerprint density at radius 2 is 1.41 bits per heavy atom. The molecule has 0 saturated heterocycles. The lowest BCUT2D eigenvalue weighted by Gasteiger charge is -2.28. The second-order valence-corrected chi connectivity index (χ2v) is 13.9. The fourth-order valence-electron chi connectivity index (χ4n) is 7.14. The van der Waals surface area contributed by atoms with Crippen LogP contribution in [0.5, 0.6) is 0 Å². The summed E-state index contributed by atoms with van der Waals surface area (Å²) in [5.41, 5.74) is 14.7. The number of fused-ring (bicyclic) bond motifs is 3. The van der Waals surface area contributed by atoms with Crippen molar-refractivity contribution in [3.8, 4) is 22.3 Å². The Labute approximate surface area is 294 Å². The van der Waals surface area contributed by atoms with E-state index in [1.165, 1.54) is 60.8 Å². The third kappa shape index (κ3) is 6.14. The predicted molar refractivity (Wildman–Crippen MR) is 213 cm³/mol. The molecule has 238 valence electrons. The van der Waals surface area contributed by atoms with Crippen LogP contribution in [0.15, 0.2) is 183 Å². The minimum atomic E-state index is 0.292. The maximum Gasteiger partial charge on any atom is 0.0632 e. The molecule has 0 bridgehead atoms. The summed E-state index contributed by atoms with van der Waals surface area (Å²) in [5.74, 6) is 0. The Bertz CT molecular complexity index is 2130. The fourth-order valence-corrected chi connectivity index (χ4v) is 8.39. The van der Waals surface area contributed by atoms with Crippen LogP contribution >= 0.6 is 11.8 Å². The van der Waals surface area contributed by atoms with Crippen LogP contribution in [-0.2, 0) is 0 Å². The Balaban J connectivity index is 1.02. The smallest absolute Gasteiger partial charge is 0.0632 e. The van der Waals surface area contributed by atoms with E-state index in [0.717, 1.165) is 24.2 Å². The van der Waals surface area contributed by atoms with E-state index < -0.39 is 0 Å². The van der Waals surface area contributed by atoms with Crippen molar-refractivity contribution in [2.75, 3.05) is 10.2 Å². The van der Waals surface area contributed by atoms with Gasteiger partial charge in [0.15, 0.2) is 0 Å². The Hall–Kier alpha value is -5.51. The van der Waals surface area contributed by atoms with E-state index in [0.29, 0.717) is 11.3 Å². The number of nitrogens with one attached hydrogen (secondary N) is 1. The zero-order chi connectivity index (χ0) is 33.2. The molecular weight excluding hydrogens is 613 g/mol. The van der Waals surface area contributed by atoms with Gasteiger partial charge in [-0.3, -0.25) is 0 Å². The highest BCUT2D eigenvalue weighted by atomic mass is 32.2. The van der Waals surface area contributed by atoms with Gasteiger partial charge in [-0.05, 0) is 100 Å². The Kier molecular flexibility index (Phi) is 8.51. The van der Waals surface area contributed by atoms with Crippen molar-refractivity contribution in [2.24, 2.45) is 0 Å². The molecule has 2 atom stereocenters. The van der Waals surface area contributed by atoms with Gasteiger partial charge in [0.2, 0.25) is 0 Å². The predicted octanol–water partition coefficient (Wildman–Crippen LogP) is 12.8. The van der Waals surface area contributed by atoms with Crippen molar-refractivity contribution in [3.63, 3.8) is 0 Å². The number of benzene rings is 5. The first-order valence-corrected chi connectivity index (χ1v) is 17.8. The maximum absolute atomic E-state index is 3.87. The highest BCUT2D eigenvalue weighted by Crippen LogP contribution is 2.50. The SMILES string of the molecule is C=C/C=C(\C=C)Nc1ccc(-c2ccc(N3c4ccc(-c5ccc(C6=CCC(c7ccccc7)S6)cc5)cc4C4=CC=CCC43)cc2)cc1. The van der Waals surface area contributed by atoms with Gasteiger partial charge in [0, 0.05) is 38.5 Å². The first kappa shape index (κ1) is 30.8. The molecule has 1 aliphatic carbocycles. The summed E-state index contributed by atoms with van der Waals surface area (Å²) in [5, 5.41) is 3.88. The summed E-state index contributed by atoms with van der Waals surface area (Å²) in [7, 11) is 0. The lowest BCUT2D eigenvalue weighted by Crippen LogP contribution is -2.26. The van der Waals surface area contributed by atoms with Crippen LogP contribution in [0.1, 0.15) is 34.8 Å². The zero-order valence-corrected chi connectivity index (χ0v) is 28.2. The third-order valence-electron chi connectivity index (χ3n) is 9.64. The molecule has 0 amide bonds. The van der Waals surface area contributed by atoms with Gasteiger partial charge < -0.3 is 10.2 Å². The Morgan fingerprint density at radius 1 is 0.735 bits per heavy atom. The molecule has 2 heterocycles. The molecule has 5 aromatic carbocycles. The number of thioether (sulfide) groups is 1. The van der Waals surface area contributed by atoms with Gasteiger partial charge in [0.1, 0.15) is 0 Å². The van der Waals surface area contributed by atoms with Gasteiger partial charge >= 0.3 is 0 Å². The molecule has 0 saturated carbocycles. The van der Waals surface area contributed by atoms with E-state index in [-0.39, 0.29) is 0 Å². The lowest BCUT2D eigenvalue weighted by molar-refractivity contribution is 0.829. The number of anilines is 3. The topological polar surface area (TPSA) is 15.3 Å². The number of hydrogen-bond donors (Lipinski definition) is 1. The molecule has 3 heteroatoms. The fraction of sp³-hybridized carbons (Fsp3) is 0.0870. The van der Waals surface area contributed by atoms with Crippen molar-refractivity contribution >= 4 is 39.3 Å². The van der Waals surface area contributed by atoms with Crippen molar-refractivity contribution in [1.82, 2.24) is 0 Å². The van der Waals surface area contributed by atoms with Crippen LogP contribution in [0.25, 0.3) is 32.7 Å². The van der Waals surface area contributed by atoms with Crippen LogP contribution in [-0.4, -0.2) is 6.04 Å². The minimum absolute atomic E-state index is 0.292. The summed E-state index contributed by atoms with van der Waals surface area (Å²) in [4.78, 5) is 3.90. The van der Waals surface area contributed by atoms with Crippen LogP contribution in [0.4, 0.5) is 17.1 Å². The van der Waals surface area contributed by atoms with Gasteiger partial charge in [0.25, 0.3) is 0 Å². The van der Waals surface area contributed by atoms with Crippen molar-refractivity contribution in [3.05, 3.63) is 199 Å². The normalized spacial score (nSPS) is 18.0. The number of nitrogens with zero attached hydrogens (tertiary/aromatic N) is 1. The molecule has 2 nitrogen and oxygen atoms in total. The molecule has 8 rings (SSSR count). The summed E-state index contributed by atoms with van der Waals surface area (Å²) < 4.78 is 0. The molecule has 2 unspecified atom stereocenters. The van der Waals surface area contributed by atoms with Crippen LogP contribution in [0.3, 0.4) is 0 Å².